The zero-order chi connectivity index (χ0) is 14.4. The van der Waals surface area contributed by atoms with Crippen molar-refractivity contribution < 1.29 is 13.9 Å². The van der Waals surface area contributed by atoms with Gasteiger partial charge < -0.3 is 19.2 Å². The van der Waals surface area contributed by atoms with Crippen LogP contribution in [0.2, 0.25) is 0 Å². The normalized spacial score (nSPS) is 10.8. The smallest absolute Gasteiger partial charge is 0.208 e. The number of aryl methyl sites for hydroxylation is 1. The maximum absolute atomic E-state index is 5.72. The van der Waals surface area contributed by atoms with Gasteiger partial charge in [-0.05, 0) is 18.6 Å². The van der Waals surface area contributed by atoms with Crippen molar-refractivity contribution >= 4 is 0 Å². The number of benzene rings is 1. The van der Waals surface area contributed by atoms with Crippen molar-refractivity contribution in [2.45, 2.75) is 13.5 Å². The van der Waals surface area contributed by atoms with Gasteiger partial charge in [0.05, 0.1) is 26.5 Å². The molecule has 2 aromatic rings. The van der Waals surface area contributed by atoms with Crippen molar-refractivity contribution in [2.75, 3.05) is 27.4 Å². The summed E-state index contributed by atoms with van der Waals surface area (Å²) in [5, 5.41) is 3.19. The molecule has 0 atom stereocenters. The first-order chi connectivity index (χ1) is 9.74. The number of rotatable bonds is 7. The van der Waals surface area contributed by atoms with E-state index in [1.165, 1.54) is 0 Å². The number of hydrogen-bond donors (Lipinski definition) is 1. The third kappa shape index (κ3) is 3.59. The van der Waals surface area contributed by atoms with Gasteiger partial charge in [-0.3, -0.25) is 0 Å². The van der Waals surface area contributed by atoms with E-state index in [-0.39, 0.29) is 0 Å². The molecule has 0 bridgehead atoms. The number of hydrogen-bond acceptors (Lipinski definition) is 5. The molecule has 1 aromatic heterocycles. The average Bonchev–Trinajstić information content (AvgIpc) is 2.93. The minimum absolute atomic E-state index is 0.590. The molecule has 1 aromatic carbocycles. The quantitative estimate of drug-likeness (QED) is 0.787. The topological polar surface area (TPSA) is 56.5 Å². The van der Waals surface area contributed by atoms with E-state index >= 15 is 0 Å². The number of nitrogens with zero attached hydrogens (tertiary/aromatic N) is 1. The van der Waals surface area contributed by atoms with Crippen molar-refractivity contribution in [1.82, 2.24) is 10.3 Å². The number of methoxy groups -OCH3 is 2. The van der Waals surface area contributed by atoms with Crippen LogP contribution in [-0.2, 0) is 11.3 Å². The minimum atomic E-state index is 0.590. The Labute approximate surface area is 118 Å². The summed E-state index contributed by atoms with van der Waals surface area (Å²) in [6.07, 6.45) is 1.73. The number of nitrogens with one attached hydrogen (secondary N) is 1. The summed E-state index contributed by atoms with van der Waals surface area (Å²) in [6.45, 7) is 4.04. The molecule has 0 aliphatic heterocycles. The van der Waals surface area contributed by atoms with Gasteiger partial charge >= 0.3 is 0 Å². The zero-order valence-corrected chi connectivity index (χ0v) is 12.1. The van der Waals surface area contributed by atoms with Crippen LogP contribution < -0.4 is 10.1 Å². The predicted octanol–water partition coefficient (Wildman–Crippen LogP) is 2.39. The second kappa shape index (κ2) is 7.07. The lowest BCUT2D eigenvalue weighted by Crippen LogP contribution is -2.18. The fraction of sp³-hybridized carbons (Fsp3) is 0.400. The van der Waals surface area contributed by atoms with E-state index < -0.39 is 0 Å². The highest BCUT2D eigenvalue weighted by atomic mass is 16.5. The van der Waals surface area contributed by atoms with Crippen LogP contribution >= 0.6 is 0 Å². The Balaban J connectivity index is 2.04. The first kappa shape index (κ1) is 14.6. The molecule has 0 radical (unpaired) electrons. The summed E-state index contributed by atoms with van der Waals surface area (Å²) in [5.74, 6) is 2.25. The first-order valence-corrected chi connectivity index (χ1v) is 6.54. The van der Waals surface area contributed by atoms with Crippen LogP contribution in [0.3, 0.4) is 0 Å². The Bertz CT molecular complexity index is 552. The summed E-state index contributed by atoms with van der Waals surface area (Å²) < 4.78 is 16.0. The molecule has 0 amide bonds. The van der Waals surface area contributed by atoms with Crippen molar-refractivity contribution in [3.63, 3.8) is 0 Å². The monoisotopic (exact) mass is 276 g/mol. The second-order valence-corrected chi connectivity index (χ2v) is 4.47. The van der Waals surface area contributed by atoms with Gasteiger partial charge in [-0.15, -0.1) is 0 Å². The lowest BCUT2D eigenvalue weighted by molar-refractivity contribution is 0.198. The van der Waals surface area contributed by atoms with Crippen LogP contribution in [-0.4, -0.2) is 32.4 Å². The molecule has 0 unspecified atom stereocenters. The Morgan fingerprint density at radius 1 is 1.30 bits per heavy atom. The second-order valence-electron chi connectivity index (χ2n) is 4.47. The van der Waals surface area contributed by atoms with Gasteiger partial charge in [0.25, 0.3) is 0 Å². The highest BCUT2D eigenvalue weighted by Crippen LogP contribution is 2.27. The molecular weight excluding hydrogens is 256 g/mol. The number of aromatic nitrogens is 1. The summed E-state index contributed by atoms with van der Waals surface area (Å²) in [4.78, 5) is 4.26. The molecule has 108 valence electrons. The van der Waals surface area contributed by atoms with Gasteiger partial charge in [-0.25, -0.2) is 4.98 Å². The van der Waals surface area contributed by atoms with E-state index in [0.29, 0.717) is 19.0 Å². The van der Waals surface area contributed by atoms with Crippen LogP contribution in [0, 0.1) is 6.92 Å². The molecule has 0 fully saturated rings. The molecule has 0 saturated carbocycles. The summed E-state index contributed by atoms with van der Waals surface area (Å²) in [7, 11) is 3.34. The molecule has 0 aliphatic rings. The molecule has 2 rings (SSSR count). The van der Waals surface area contributed by atoms with Gasteiger partial charge in [0.15, 0.2) is 5.76 Å². The van der Waals surface area contributed by atoms with Gasteiger partial charge in [-0.1, -0.05) is 12.1 Å². The highest BCUT2D eigenvalue weighted by Gasteiger charge is 2.08. The maximum Gasteiger partial charge on any atom is 0.208 e. The fourth-order valence-corrected chi connectivity index (χ4v) is 1.87. The summed E-state index contributed by atoms with van der Waals surface area (Å²) in [6, 6.07) is 5.96. The summed E-state index contributed by atoms with van der Waals surface area (Å²) >= 11 is 0. The van der Waals surface area contributed by atoms with Gasteiger partial charge in [0, 0.05) is 19.2 Å². The van der Waals surface area contributed by atoms with Gasteiger partial charge in [0.1, 0.15) is 5.75 Å². The minimum Gasteiger partial charge on any atom is -0.496 e. The molecule has 20 heavy (non-hydrogen) atoms. The maximum atomic E-state index is 5.72. The average molecular weight is 276 g/mol. The van der Waals surface area contributed by atoms with Gasteiger partial charge in [0.2, 0.25) is 5.89 Å². The third-order valence-corrected chi connectivity index (χ3v) is 3.01. The van der Waals surface area contributed by atoms with Crippen molar-refractivity contribution in [1.29, 1.82) is 0 Å². The standard InChI is InChI=1S/C15H20N2O3/c1-11-4-5-12(8-13(11)19-3)14-9-17-15(20-14)10-16-6-7-18-2/h4-5,8-9,16H,6-7,10H2,1-3H3. The SMILES string of the molecule is COCCNCc1ncc(-c2ccc(C)c(OC)c2)o1. The first-order valence-electron chi connectivity index (χ1n) is 6.54. The van der Waals surface area contributed by atoms with Crippen LogP contribution in [0.1, 0.15) is 11.5 Å². The van der Waals surface area contributed by atoms with Crippen LogP contribution in [0.5, 0.6) is 5.75 Å². The van der Waals surface area contributed by atoms with Crippen LogP contribution in [0.4, 0.5) is 0 Å². The zero-order valence-electron chi connectivity index (χ0n) is 12.1. The predicted molar refractivity (Wildman–Crippen MR) is 76.8 cm³/mol. The van der Waals surface area contributed by atoms with E-state index in [2.05, 4.69) is 10.3 Å². The number of oxazole rings is 1. The van der Waals surface area contributed by atoms with E-state index in [1.807, 2.05) is 25.1 Å². The lowest BCUT2D eigenvalue weighted by Gasteiger charge is -2.05. The van der Waals surface area contributed by atoms with E-state index in [9.17, 15) is 0 Å². The Kier molecular flexibility index (Phi) is 5.15. The number of ether oxygens (including phenoxy) is 2. The van der Waals surface area contributed by atoms with Crippen molar-refractivity contribution in [3.8, 4) is 17.1 Å². The molecule has 1 heterocycles. The molecule has 5 nitrogen and oxygen atoms in total. The largest absolute Gasteiger partial charge is 0.496 e. The summed E-state index contributed by atoms with van der Waals surface area (Å²) in [5.41, 5.74) is 2.06. The van der Waals surface area contributed by atoms with Crippen molar-refractivity contribution in [3.05, 3.63) is 35.9 Å². The van der Waals surface area contributed by atoms with Crippen LogP contribution in [0.15, 0.2) is 28.8 Å². The van der Waals surface area contributed by atoms with E-state index in [1.54, 1.807) is 20.4 Å². The third-order valence-electron chi connectivity index (χ3n) is 3.01. The van der Waals surface area contributed by atoms with E-state index in [0.717, 1.165) is 29.2 Å². The van der Waals surface area contributed by atoms with Gasteiger partial charge in [-0.2, -0.15) is 0 Å². The Morgan fingerprint density at radius 3 is 2.90 bits per heavy atom. The van der Waals surface area contributed by atoms with Crippen molar-refractivity contribution in [2.24, 2.45) is 0 Å². The highest BCUT2D eigenvalue weighted by molar-refractivity contribution is 5.60. The molecule has 5 heteroatoms. The lowest BCUT2D eigenvalue weighted by atomic mass is 10.1. The fourth-order valence-electron chi connectivity index (χ4n) is 1.87. The Morgan fingerprint density at radius 2 is 2.15 bits per heavy atom. The Hall–Kier alpha value is -1.85. The molecular formula is C15H20N2O3. The molecule has 0 spiro atoms. The molecule has 1 N–H and O–H groups in total. The molecule has 0 aliphatic carbocycles. The molecule has 0 saturated heterocycles. The van der Waals surface area contributed by atoms with E-state index in [4.69, 9.17) is 13.9 Å². The van der Waals surface area contributed by atoms with Crippen LogP contribution in [0.25, 0.3) is 11.3 Å².